The molecule has 0 radical (unpaired) electrons. The number of aliphatic hydroxyl groups excluding tert-OH is 2. The van der Waals surface area contributed by atoms with Crippen molar-refractivity contribution in [3.8, 4) is 0 Å². The topological polar surface area (TPSA) is 128 Å². The molecule has 0 heterocycles. The fraction of sp³-hybridized carbons (Fsp3) is 0.622. The third kappa shape index (κ3) is 38.1. The number of likely N-dealkylation sites (N-methyl/N-ethyl adjacent to an activating group) is 1. The number of aliphatic hydroxyl groups is 2. The lowest BCUT2D eigenvalue weighted by Gasteiger charge is -2.29. The van der Waals surface area contributed by atoms with Gasteiger partial charge in [0.25, 0.3) is 7.82 Å². The first-order chi connectivity index (χ1) is 26.4. The van der Waals surface area contributed by atoms with Gasteiger partial charge in [0.05, 0.1) is 46.0 Å². The highest BCUT2D eigenvalue weighted by Crippen LogP contribution is 2.38. The van der Waals surface area contributed by atoms with E-state index in [4.69, 9.17) is 9.05 Å². The van der Waals surface area contributed by atoms with Gasteiger partial charge in [-0.1, -0.05) is 143 Å². The standard InChI is InChI=1S/C45H77N2O7P/c1-6-8-10-12-14-15-16-17-18-22-25-29-33-37-44(49)43(41-54-55(51,52)53-40-39-47(3,4)5)46-45(50)38-34-30-26-23-20-19-21-24-28-32-36-42(48)35-31-27-13-11-9-7-2/h9-12,19-20,24,26-28,30-33,36-37,42-44,48-49H,6-8,13-18,21-23,25,29,34-35,38-41H2,1-5H3,(H-,46,50,51,52)/b11-9-,12-10-,20-19-,28-24-,30-26-,31-27-,36-32+,37-33+/t42?,43-,44+/m0/s1. The molecule has 0 aliphatic heterocycles. The molecule has 0 saturated heterocycles. The molecule has 0 aromatic carbocycles. The highest BCUT2D eigenvalue weighted by atomic mass is 31.2. The van der Waals surface area contributed by atoms with Crippen LogP contribution in [0.15, 0.2) is 97.2 Å². The highest BCUT2D eigenvalue weighted by Gasteiger charge is 2.23. The summed E-state index contributed by atoms with van der Waals surface area (Å²) in [6, 6.07) is -0.952. The number of amides is 1. The minimum Gasteiger partial charge on any atom is -0.756 e. The smallest absolute Gasteiger partial charge is 0.268 e. The fourth-order valence-corrected chi connectivity index (χ4v) is 5.75. The van der Waals surface area contributed by atoms with E-state index < -0.39 is 32.7 Å². The Morgan fingerprint density at radius 3 is 1.96 bits per heavy atom. The van der Waals surface area contributed by atoms with Gasteiger partial charge in [-0.3, -0.25) is 9.36 Å². The molecule has 0 aliphatic rings. The van der Waals surface area contributed by atoms with E-state index in [0.717, 1.165) is 57.8 Å². The summed E-state index contributed by atoms with van der Waals surface area (Å²) < 4.78 is 23.1. The number of carbonyl (C=O) groups is 1. The van der Waals surface area contributed by atoms with Gasteiger partial charge in [-0.25, -0.2) is 0 Å². The van der Waals surface area contributed by atoms with Crippen molar-refractivity contribution in [1.29, 1.82) is 0 Å². The zero-order valence-corrected chi connectivity index (χ0v) is 35.8. The van der Waals surface area contributed by atoms with Crippen LogP contribution in [-0.4, -0.2) is 79.8 Å². The molecule has 3 N–H and O–H groups in total. The summed E-state index contributed by atoms with van der Waals surface area (Å²) in [5, 5.41) is 23.7. The summed E-state index contributed by atoms with van der Waals surface area (Å²) in [4.78, 5) is 25.2. The minimum absolute atomic E-state index is 0.0313. The van der Waals surface area contributed by atoms with E-state index in [2.05, 4.69) is 55.6 Å². The molecule has 0 saturated carbocycles. The van der Waals surface area contributed by atoms with Crippen LogP contribution < -0.4 is 10.2 Å². The molecule has 0 aliphatic carbocycles. The van der Waals surface area contributed by atoms with Crippen LogP contribution in [0.2, 0.25) is 0 Å². The number of phosphoric ester groups is 1. The number of unbranched alkanes of at least 4 members (excludes halogenated alkanes) is 8. The SMILES string of the molecule is CC/C=C\C/C=C\CC(O)/C=C/C=C\C/C=C\C/C=C\CCC(=O)N[C@@H](COP(=O)([O-])OCC[N+](C)(C)C)[C@H](O)/C=C/CCCCCCCC/C=C\CCC. The van der Waals surface area contributed by atoms with Crippen LogP contribution in [0.5, 0.6) is 0 Å². The lowest BCUT2D eigenvalue weighted by atomic mass is 10.1. The third-order valence-electron chi connectivity index (χ3n) is 8.34. The van der Waals surface area contributed by atoms with E-state index in [1.165, 1.54) is 32.1 Å². The van der Waals surface area contributed by atoms with Gasteiger partial charge in [0.15, 0.2) is 0 Å². The molecule has 1 amide bonds. The zero-order valence-electron chi connectivity index (χ0n) is 34.9. The van der Waals surface area contributed by atoms with Crippen LogP contribution in [0.25, 0.3) is 0 Å². The molecule has 0 spiro atoms. The third-order valence-corrected chi connectivity index (χ3v) is 9.31. The normalized spacial score (nSPS) is 16.0. The number of nitrogens with one attached hydrogen (secondary N) is 1. The Morgan fingerprint density at radius 1 is 0.709 bits per heavy atom. The summed E-state index contributed by atoms with van der Waals surface area (Å²) in [6.45, 7) is 4.30. The van der Waals surface area contributed by atoms with E-state index >= 15 is 0 Å². The first kappa shape index (κ1) is 52.4. The van der Waals surface area contributed by atoms with Crippen LogP contribution in [-0.2, 0) is 18.4 Å². The molecule has 10 heteroatoms. The van der Waals surface area contributed by atoms with E-state index in [9.17, 15) is 24.5 Å². The molecule has 0 fully saturated rings. The van der Waals surface area contributed by atoms with Crippen molar-refractivity contribution in [2.24, 2.45) is 0 Å². The molecule has 0 rings (SSSR count). The predicted octanol–water partition coefficient (Wildman–Crippen LogP) is 9.52. The number of allylic oxidation sites excluding steroid dienone is 13. The minimum atomic E-state index is -4.62. The first-order valence-electron chi connectivity index (χ1n) is 20.7. The van der Waals surface area contributed by atoms with Gasteiger partial charge < -0.3 is 34.0 Å². The van der Waals surface area contributed by atoms with Crippen molar-refractivity contribution in [2.75, 3.05) is 40.9 Å². The van der Waals surface area contributed by atoms with E-state index in [1.807, 2.05) is 69.8 Å². The van der Waals surface area contributed by atoms with Gasteiger partial charge in [-0.15, -0.1) is 0 Å². The summed E-state index contributed by atoms with van der Waals surface area (Å²) in [5.41, 5.74) is 0. The van der Waals surface area contributed by atoms with Crippen molar-refractivity contribution < 1.29 is 38.0 Å². The van der Waals surface area contributed by atoms with Gasteiger partial charge in [0, 0.05) is 6.42 Å². The van der Waals surface area contributed by atoms with Crippen molar-refractivity contribution in [1.82, 2.24) is 5.32 Å². The number of carbonyl (C=O) groups excluding carboxylic acids is 1. The van der Waals surface area contributed by atoms with E-state index in [1.54, 1.807) is 12.2 Å². The number of quaternary nitrogens is 1. The number of hydrogen-bond acceptors (Lipinski definition) is 7. The largest absolute Gasteiger partial charge is 0.756 e. The lowest BCUT2D eigenvalue weighted by molar-refractivity contribution is -0.870. The van der Waals surface area contributed by atoms with Gasteiger partial charge in [0.2, 0.25) is 5.91 Å². The second-order valence-corrected chi connectivity index (χ2v) is 16.2. The summed E-state index contributed by atoms with van der Waals surface area (Å²) in [7, 11) is 1.16. The molecule has 0 aromatic heterocycles. The van der Waals surface area contributed by atoms with Gasteiger partial charge in [-0.05, 0) is 70.6 Å². The van der Waals surface area contributed by atoms with Crippen molar-refractivity contribution in [2.45, 2.75) is 141 Å². The molecular weight excluding hydrogens is 711 g/mol. The Morgan fingerprint density at radius 2 is 1.29 bits per heavy atom. The molecule has 4 atom stereocenters. The maximum Gasteiger partial charge on any atom is 0.268 e. The average molecular weight is 789 g/mol. The Hall–Kier alpha value is -2.62. The summed E-state index contributed by atoms with van der Waals surface area (Å²) in [6.07, 6.45) is 46.3. The Balaban J connectivity index is 4.70. The van der Waals surface area contributed by atoms with E-state index in [-0.39, 0.29) is 18.9 Å². The van der Waals surface area contributed by atoms with Crippen LogP contribution >= 0.6 is 7.82 Å². The van der Waals surface area contributed by atoms with Crippen LogP contribution in [0.1, 0.15) is 123 Å². The first-order valence-corrected chi connectivity index (χ1v) is 22.2. The monoisotopic (exact) mass is 789 g/mol. The summed E-state index contributed by atoms with van der Waals surface area (Å²) >= 11 is 0. The molecule has 314 valence electrons. The van der Waals surface area contributed by atoms with Gasteiger partial charge in [0.1, 0.15) is 13.2 Å². The summed E-state index contributed by atoms with van der Waals surface area (Å²) in [5.74, 6) is -0.308. The fourth-order valence-electron chi connectivity index (χ4n) is 5.02. The maximum atomic E-state index is 12.8. The second kappa shape index (κ2) is 35.8. The molecule has 2 unspecified atom stereocenters. The van der Waals surface area contributed by atoms with Crippen LogP contribution in [0.4, 0.5) is 0 Å². The molecule has 55 heavy (non-hydrogen) atoms. The Bertz CT molecular complexity index is 1230. The van der Waals surface area contributed by atoms with Crippen molar-refractivity contribution in [3.05, 3.63) is 97.2 Å². The second-order valence-electron chi connectivity index (χ2n) is 14.8. The van der Waals surface area contributed by atoms with Crippen molar-refractivity contribution >= 4 is 13.7 Å². The number of hydrogen-bond donors (Lipinski definition) is 3. The maximum absolute atomic E-state index is 12.8. The molecule has 9 nitrogen and oxygen atoms in total. The van der Waals surface area contributed by atoms with Gasteiger partial charge >= 0.3 is 0 Å². The van der Waals surface area contributed by atoms with Gasteiger partial charge in [-0.2, -0.15) is 0 Å². The molecule has 0 bridgehead atoms. The number of phosphoric acid groups is 1. The lowest BCUT2D eigenvalue weighted by Crippen LogP contribution is -2.45. The number of nitrogens with zero attached hydrogens (tertiary/aromatic N) is 1. The van der Waals surface area contributed by atoms with Crippen LogP contribution in [0, 0.1) is 0 Å². The van der Waals surface area contributed by atoms with E-state index in [0.29, 0.717) is 23.9 Å². The molecule has 0 aromatic rings. The quantitative estimate of drug-likeness (QED) is 0.0192. The van der Waals surface area contributed by atoms with Crippen LogP contribution in [0.3, 0.4) is 0 Å². The average Bonchev–Trinajstić information content (AvgIpc) is 3.13. The number of rotatable bonds is 35. The Kier molecular flexibility index (Phi) is 34.1. The Labute approximate surface area is 335 Å². The van der Waals surface area contributed by atoms with Crippen molar-refractivity contribution in [3.63, 3.8) is 0 Å². The zero-order chi connectivity index (χ0) is 40.9. The molecular formula is C45H77N2O7P. The predicted molar refractivity (Wildman–Crippen MR) is 229 cm³/mol. The highest BCUT2D eigenvalue weighted by molar-refractivity contribution is 7.45.